The average Bonchev–Trinajstić information content (AvgIpc) is 3.63. The van der Waals surface area contributed by atoms with Crippen molar-refractivity contribution in [1.82, 2.24) is 10.2 Å². The molecule has 3 aliphatic rings. The van der Waals surface area contributed by atoms with E-state index in [1.54, 1.807) is 0 Å². The Bertz CT molecular complexity index is 1440. The number of nitrogens with one attached hydrogen (secondary N) is 2. The van der Waals surface area contributed by atoms with Crippen molar-refractivity contribution < 1.29 is 24.2 Å². The summed E-state index contributed by atoms with van der Waals surface area (Å²) in [6.45, 7) is 3.80. The number of anilines is 1. The average molecular weight is 554 g/mol. The van der Waals surface area contributed by atoms with E-state index in [1.165, 1.54) is 4.90 Å². The lowest BCUT2D eigenvalue weighted by molar-refractivity contribution is -0.144. The number of carbonyl (C=O) groups excluding carboxylic acids is 3. The molecule has 41 heavy (non-hydrogen) atoms. The first-order valence-corrected chi connectivity index (χ1v) is 14.2. The van der Waals surface area contributed by atoms with Crippen LogP contribution in [0.3, 0.4) is 0 Å². The maximum absolute atomic E-state index is 14.4. The number of hydrogen-bond donors (Lipinski definition) is 3. The van der Waals surface area contributed by atoms with Gasteiger partial charge in [-0.25, -0.2) is 0 Å². The molecule has 6 rings (SSSR count). The number of rotatable bonds is 8. The van der Waals surface area contributed by atoms with Gasteiger partial charge in [-0.3, -0.25) is 14.4 Å². The first-order chi connectivity index (χ1) is 19.9. The van der Waals surface area contributed by atoms with Gasteiger partial charge in [0.05, 0.1) is 30.6 Å². The molecule has 0 radical (unpaired) electrons. The fraction of sp³-hybridized carbons (Fsp3) is 0.364. The molecule has 3 aliphatic heterocycles. The molecule has 3 N–H and O–H groups in total. The summed E-state index contributed by atoms with van der Waals surface area (Å²) in [5.74, 6) is -2.52. The van der Waals surface area contributed by atoms with Crippen molar-refractivity contribution in [2.75, 3.05) is 11.9 Å². The van der Waals surface area contributed by atoms with Crippen molar-refractivity contribution in [2.24, 2.45) is 11.8 Å². The van der Waals surface area contributed by atoms with Crippen LogP contribution >= 0.6 is 0 Å². The summed E-state index contributed by atoms with van der Waals surface area (Å²) in [5.41, 5.74) is 2.99. The Labute approximate surface area is 239 Å². The summed E-state index contributed by atoms with van der Waals surface area (Å²) in [4.78, 5) is 43.8. The highest BCUT2D eigenvalue weighted by Gasteiger charge is 2.75. The molecule has 3 amide bonds. The lowest BCUT2D eigenvalue weighted by Crippen LogP contribution is -2.54. The molecule has 212 valence electrons. The molecule has 2 unspecified atom stereocenters. The van der Waals surface area contributed by atoms with Gasteiger partial charge in [0, 0.05) is 12.2 Å². The summed E-state index contributed by atoms with van der Waals surface area (Å²) < 4.78 is 6.57. The predicted octanol–water partition coefficient (Wildman–Crippen LogP) is 3.67. The van der Waals surface area contributed by atoms with Crippen LogP contribution in [0, 0.1) is 25.7 Å². The molecule has 3 aromatic rings. The van der Waals surface area contributed by atoms with Crippen LogP contribution in [0.2, 0.25) is 0 Å². The van der Waals surface area contributed by atoms with Crippen molar-refractivity contribution in [3.8, 4) is 0 Å². The third-order valence-corrected chi connectivity index (χ3v) is 9.02. The second-order valence-electron chi connectivity index (χ2n) is 11.4. The lowest BCUT2D eigenvalue weighted by atomic mass is 9.70. The van der Waals surface area contributed by atoms with Gasteiger partial charge in [0.1, 0.15) is 11.6 Å². The van der Waals surface area contributed by atoms with Gasteiger partial charge in [0.2, 0.25) is 17.7 Å². The van der Waals surface area contributed by atoms with Gasteiger partial charge in [-0.2, -0.15) is 0 Å². The van der Waals surface area contributed by atoms with E-state index in [4.69, 9.17) is 4.74 Å². The standard InChI is InChI=1S/C33H35N3O5/c1-20-10-9-11-21(2)28(20)35-31(39)29-33-17-16-25(41-33)26(30(38)34-18-22-12-5-3-6-13-22)27(33)32(40)36(29)24(19-37)23-14-7-4-8-15-23/h3-15,24-27,29,37H,16-19H2,1-2H3,(H,34,38)(H,35,39)/t24-,25+,26-,27+,29?,33?/m1/s1. The van der Waals surface area contributed by atoms with E-state index in [0.29, 0.717) is 30.6 Å². The quantitative estimate of drug-likeness (QED) is 0.395. The van der Waals surface area contributed by atoms with Crippen molar-refractivity contribution >= 4 is 23.4 Å². The number of carbonyl (C=O) groups is 3. The van der Waals surface area contributed by atoms with Crippen molar-refractivity contribution in [3.05, 3.63) is 101 Å². The number of para-hydroxylation sites is 1. The number of aliphatic hydroxyl groups excluding tert-OH is 1. The Morgan fingerprint density at radius 3 is 2.29 bits per heavy atom. The molecule has 3 fully saturated rings. The second-order valence-corrected chi connectivity index (χ2v) is 11.4. The minimum atomic E-state index is -1.17. The van der Waals surface area contributed by atoms with Crippen molar-refractivity contribution in [1.29, 1.82) is 0 Å². The molecule has 2 bridgehead atoms. The zero-order valence-electron chi connectivity index (χ0n) is 23.2. The van der Waals surface area contributed by atoms with Crippen LogP contribution in [0.25, 0.3) is 0 Å². The van der Waals surface area contributed by atoms with Crippen LogP contribution in [-0.2, 0) is 25.7 Å². The van der Waals surface area contributed by atoms with Crippen LogP contribution in [0.15, 0.2) is 78.9 Å². The van der Waals surface area contributed by atoms with Gasteiger partial charge >= 0.3 is 0 Å². The number of hydrogen-bond acceptors (Lipinski definition) is 5. The Kier molecular flexibility index (Phi) is 7.13. The van der Waals surface area contributed by atoms with Crippen LogP contribution in [0.5, 0.6) is 0 Å². The van der Waals surface area contributed by atoms with Crippen LogP contribution < -0.4 is 10.6 Å². The fourth-order valence-corrected chi connectivity index (χ4v) is 7.16. The molecule has 8 nitrogen and oxygen atoms in total. The first-order valence-electron chi connectivity index (χ1n) is 14.2. The summed E-state index contributed by atoms with van der Waals surface area (Å²) >= 11 is 0. The van der Waals surface area contributed by atoms with Crippen molar-refractivity contribution in [3.63, 3.8) is 0 Å². The molecule has 0 aromatic heterocycles. The van der Waals surface area contributed by atoms with Gasteiger partial charge in [-0.1, -0.05) is 78.9 Å². The molecule has 8 heteroatoms. The minimum absolute atomic E-state index is 0.255. The molecule has 0 saturated carbocycles. The molecule has 3 heterocycles. The Hall–Kier alpha value is -4.01. The van der Waals surface area contributed by atoms with E-state index in [9.17, 15) is 19.5 Å². The monoisotopic (exact) mass is 553 g/mol. The molecule has 1 spiro atoms. The fourth-order valence-electron chi connectivity index (χ4n) is 7.16. The number of nitrogens with zero attached hydrogens (tertiary/aromatic N) is 1. The van der Waals surface area contributed by atoms with Crippen LogP contribution in [0.4, 0.5) is 5.69 Å². The number of ether oxygens (including phenoxy) is 1. The third kappa shape index (κ3) is 4.51. The zero-order valence-corrected chi connectivity index (χ0v) is 23.2. The van der Waals surface area contributed by atoms with E-state index < -0.39 is 35.6 Å². The highest BCUT2D eigenvalue weighted by Crippen LogP contribution is 2.59. The summed E-state index contributed by atoms with van der Waals surface area (Å²) in [5, 5.41) is 16.7. The number of likely N-dealkylation sites (tertiary alicyclic amines) is 1. The molecular formula is C33H35N3O5. The zero-order chi connectivity index (χ0) is 28.7. The molecule has 0 aliphatic carbocycles. The Morgan fingerprint density at radius 1 is 0.976 bits per heavy atom. The van der Waals surface area contributed by atoms with Gasteiger partial charge in [0.25, 0.3) is 0 Å². The number of benzene rings is 3. The van der Waals surface area contributed by atoms with E-state index in [1.807, 2.05) is 92.7 Å². The van der Waals surface area contributed by atoms with Crippen LogP contribution in [0.1, 0.15) is 41.1 Å². The van der Waals surface area contributed by atoms with Gasteiger partial charge in [-0.05, 0) is 48.9 Å². The SMILES string of the molecule is Cc1cccc(C)c1NC(=O)C1N([C@H](CO)c2ccccc2)C(=O)[C@@H]2[C@H](C(=O)NCc3ccccc3)[C@@H]3CCC12O3. The predicted molar refractivity (Wildman–Crippen MR) is 154 cm³/mol. The number of fused-ring (bicyclic) bond motifs is 1. The summed E-state index contributed by atoms with van der Waals surface area (Å²) in [6.07, 6.45) is 0.593. The largest absolute Gasteiger partial charge is 0.394 e. The normalized spacial score (nSPS) is 27.0. The number of aryl methyl sites for hydroxylation is 2. The van der Waals surface area contributed by atoms with Gasteiger partial charge < -0.3 is 25.4 Å². The third-order valence-electron chi connectivity index (χ3n) is 9.02. The van der Waals surface area contributed by atoms with E-state index in [2.05, 4.69) is 10.6 Å². The Morgan fingerprint density at radius 2 is 1.63 bits per heavy atom. The molecule has 6 atom stereocenters. The highest BCUT2D eigenvalue weighted by atomic mass is 16.5. The lowest BCUT2D eigenvalue weighted by Gasteiger charge is -2.37. The maximum atomic E-state index is 14.4. The van der Waals surface area contributed by atoms with E-state index in [-0.39, 0.29) is 24.3 Å². The first kappa shape index (κ1) is 27.2. The second kappa shape index (κ2) is 10.8. The number of amides is 3. The van der Waals surface area contributed by atoms with Gasteiger partial charge in [0.15, 0.2) is 0 Å². The Balaban J connectivity index is 1.38. The minimum Gasteiger partial charge on any atom is -0.394 e. The summed E-state index contributed by atoms with van der Waals surface area (Å²) in [7, 11) is 0. The molecule has 3 aromatic carbocycles. The maximum Gasteiger partial charge on any atom is 0.250 e. The summed E-state index contributed by atoms with van der Waals surface area (Å²) in [6, 6.07) is 22.8. The van der Waals surface area contributed by atoms with Crippen LogP contribution in [-0.4, -0.2) is 52.1 Å². The highest BCUT2D eigenvalue weighted by molar-refractivity contribution is 6.04. The molecule has 3 saturated heterocycles. The molecular weight excluding hydrogens is 518 g/mol. The smallest absolute Gasteiger partial charge is 0.250 e. The van der Waals surface area contributed by atoms with Gasteiger partial charge in [-0.15, -0.1) is 0 Å². The van der Waals surface area contributed by atoms with E-state index >= 15 is 0 Å². The van der Waals surface area contributed by atoms with Crippen molar-refractivity contribution in [2.45, 2.75) is 57.0 Å². The number of aliphatic hydroxyl groups is 1. The topological polar surface area (TPSA) is 108 Å². The van der Waals surface area contributed by atoms with E-state index in [0.717, 1.165) is 16.7 Å².